The van der Waals surface area contributed by atoms with Crippen LogP contribution in [0.2, 0.25) is 0 Å². The molecule has 0 saturated heterocycles. The third-order valence-electron chi connectivity index (χ3n) is 6.19. The van der Waals surface area contributed by atoms with Crippen LogP contribution in [0.15, 0.2) is 48.7 Å². The highest BCUT2D eigenvalue weighted by molar-refractivity contribution is 5.93. The van der Waals surface area contributed by atoms with Gasteiger partial charge < -0.3 is 0 Å². The molecule has 0 aliphatic carbocycles. The van der Waals surface area contributed by atoms with E-state index in [2.05, 4.69) is 54.9 Å². The molecule has 0 unspecified atom stereocenters. The van der Waals surface area contributed by atoms with Gasteiger partial charge in [0.1, 0.15) is 5.82 Å². The first-order chi connectivity index (χ1) is 12.1. The van der Waals surface area contributed by atoms with E-state index in [4.69, 9.17) is 0 Å². The molecule has 2 aromatic carbocycles. The number of rotatable bonds is 2. The Labute approximate surface area is 149 Å². The van der Waals surface area contributed by atoms with Gasteiger partial charge in [-0.05, 0) is 48.1 Å². The molecular weight excluding hydrogens is 309 g/mol. The van der Waals surface area contributed by atoms with E-state index in [0.29, 0.717) is 0 Å². The number of hydrogen-bond donors (Lipinski definition) is 0. The Hall–Kier alpha value is -2.22. The number of pyridine rings is 1. The first kappa shape index (κ1) is 16.3. The number of halogens is 1. The monoisotopic (exact) mass is 334 g/mol. The van der Waals surface area contributed by atoms with Gasteiger partial charge in [-0.1, -0.05) is 32.0 Å². The topological polar surface area (TPSA) is 3.88 Å². The molecule has 0 saturated carbocycles. The predicted octanol–water partition coefficient (Wildman–Crippen LogP) is 5.70. The van der Waals surface area contributed by atoms with Crippen LogP contribution in [0, 0.1) is 12.7 Å². The summed E-state index contributed by atoms with van der Waals surface area (Å²) in [5.74, 6) is -0.0916. The zero-order valence-electron chi connectivity index (χ0n) is 15.3. The maximum atomic E-state index is 14.3. The maximum absolute atomic E-state index is 14.3. The highest BCUT2D eigenvalue weighted by Crippen LogP contribution is 2.38. The molecule has 3 aromatic rings. The fourth-order valence-electron chi connectivity index (χ4n) is 4.47. The molecule has 4 rings (SSSR count). The summed E-state index contributed by atoms with van der Waals surface area (Å²) < 4.78 is 16.8. The predicted molar refractivity (Wildman–Crippen MR) is 101 cm³/mol. The third-order valence-corrected chi connectivity index (χ3v) is 6.19. The van der Waals surface area contributed by atoms with Crippen molar-refractivity contribution >= 4 is 10.8 Å². The zero-order chi connectivity index (χ0) is 17.6. The normalized spacial score (nSPS) is 15.5. The first-order valence-electron chi connectivity index (χ1n) is 9.33. The minimum Gasteiger partial charge on any atom is -0.207 e. The first-order valence-corrected chi connectivity index (χ1v) is 9.33. The van der Waals surface area contributed by atoms with Crippen LogP contribution in [-0.4, -0.2) is 0 Å². The van der Waals surface area contributed by atoms with E-state index in [-0.39, 0.29) is 11.4 Å². The molecule has 0 atom stereocenters. The summed E-state index contributed by atoms with van der Waals surface area (Å²) in [6, 6.07) is 14.6. The summed E-state index contributed by atoms with van der Waals surface area (Å²) >= 11 is 0. The van der Waals surface area contributed by atoms with Crippen molar-refractivity contribution in [2.45, 2.75) is 52.0 Å². The average Bonchev–Trinajstić information content (AvgIpc) is 2.77. The van der Waals surface area contributed by atoms with Crippen molar-refractivity contribution in [2.75, 3.05) is 0 Å². The molecule has 1 aliphatic heterocycles. The smallest absolute Gasteiger partial charge is 0.207 e. The maximum Gasteiger partial charge on any atom is 0.221 e. The van der Waals surface area contributed by atoms with E-state index >= 15 is 0 Å². The van der Waals surface area contributed by atoms with E-state index < -0.39 is 0 Å². The molecule has 0 N–H and O–H groups in total. The van der Waals surface area contributed by atoms with Crippen molar-refractivity contribution in [3.05, 3.63) is 65.6 Å². The molecule has 1 nitrogen and oxygen atoms in total. The Morgan fingerprint density at radius 3 is 2.60 bits per heavy atom. The Morgan fingerprint density at radius 1 is 1.08 bits per heavy atom. The van der Waals surface area contributed by atoms with Gasteiger partial charge in [0, 0.05) is 25.3 Å². The van der Waals surface area contributed by atoms with Crippen LogP contribution >= 0.6 is 0 Å². The summed E-state index contributed by atoms with van der Waals surface area (Å²) in [4.78, 5) is 0. The van der Waals surface area contributed by atoms with Gasteiger partial charge in [-0.15, -0.1) is 0 Å². The van der Waals surface area contributed by atoms with Gasteiger partial charge in [0.2, 0.25) is 5.69 Å². The molecule has 0 radical (unpaired) electrons. The molecule has 2 heterocycles. The van der Waals surface area contributed by atoms with Crippen molar-refractivity contribution in [3.8, 4) is 11.3 Å². The Kier molecular flexibility index (Phi) is 3.87. The van der Waals surface area contributed by atoms with Crippen LogP contribution in [0.4, 0.5) is 4.39 Å². The SMILES string of the molecule is CCC1(CC)CCc2cc(F)c(C)cc2-c2c3ccccc3cc[n+]21. The van der Waals surface area contributed by atoms with Crippen molar-refractivity contribution < 1.29 is 8.96 Å². The molecule has 0 fully saturated rings. The van der Waals surface area contributed by atoms with Gasteiger partial charge in [0.15, 0.2) is 11.7 Å². The number of aromatic nitrogens is 1. The Balaban J connectivity index is 2.16. The fraction of sp³-hybridized carbons (Fsp3) is 0.348. The molecule has 2 heteroatoms. The van der Waals surface area contributed by atoms with Gasteiger partial charge in [-0.25, -0.2) is 4.39 Å². The van der Waals surface area contributed by atoms with Gasteiger partial charge in [-0.3, -0.25) is 0 Å². The fourth-order valence-corrected chi connectivity index (χ4v) is 4.47. The molecule has 0 bridgehead atoms. The van der Waals surface area contributed by atoms with Crippen molar-refractivity contribution in [1.82, 2.24) is 0 Å². The van der Waals surface area contributed by atoms with E-state index in [1.165, 1.54) is 22.0 Å². The highest BCUT2D eigenvalue weighted by Gasteiger charge is 2.41. The Bertz CT molecular complexity index is 954. The summed E-state index contributed by atoms with van der Waals surface area (Å²) in [5, 5.41) is 2.50. The number of fused-ring (bicyclic) bond motifs is 5. The highest BCUT2D eigenvalue weighted by atomic mass is 19.1. The van der Waals surface area contributed by atoms with Gasteiger partial charge in [-0.2, -0.15) is 4.57 Å². The number of nitrogens with zero attached hydrogens (tertiary/aromatic N) is 1. The van der Waals surface area contributed by atoms with Crippen LogP contribution in [0.1, 0.15) is 44.2 Å². The number of aryl methyl sites for hydroxylation is 2. The van der Waals surface area contributed by atoms with Crippen molar-refractivity contribution in [2.24, 2.45) is 0 Å². The van der Waals surface area contributed by atoms with E-state index in [9.17, 15) is 4.39 Å². The summed E-state index contributed by atoms with van der Waals surface area (Å²) in [7, 11) is 0. The van der Waals surface area contributed by atoms with Crippen molar-refractivity contribution in [3.63, 3.8) is 0 Å². The molecular formula is C23H25FN+. The third kappa shape index (κ3) is 2.38. The second-order valence-corrected chi connectivity index (χ2v) is 7.31. The molecule has 1 aromatic heterocycles. The lowest BCUT2D eigenvalue weighted by molar-refractivity contribution is -0.756. The van der Waals surface area contributed by atoms with Crippen LogP contribution < -0.4 is 4.57 Å². The molecule has 128 valence electrons. The average molecular weight is 334 g/mol. The number of benzene rings is 2. The number of hydrogen-bond acceptors (Lipinski definition) is 0. The standard InChI is InChI=1S/C23H25FN/c1-4-23(5-2)12-10-18-15-21(24)16(3)14-20(18)22-19-9-7-6-8-17(19)11-13-25(22)23/h6-9,11,13-15H,4-5,10,12H2,1-3H3/q+1. The Morgan fingerprint density at radius 2 is 1.84 bits per heavy atom. The van der Waals surface area contributed by atoms with Crippen LogP contribution in [-0.2, 0) is 12.0 Å². The largest absolute Gasteiger partial charge is 0.221 e. The van der Waals surface area contributed by atoms with Gasteiger partial charge >= 0.3 is 0 Å². The molecule has 25 heavy (non-hydrogen) atoms. The second-order valence-electron chi connectivity index (χ2n) is 7.31. The molecule has 0 spiro atoms. The summed E-state index contributed by atoms with van der Waals surface area (Å²) in [6.07, 6.45) is 6.37. The minimum atomic E-state index is -0.0916. The van der Waals surface area contributed by atoms with Gasteiger partial charge in [0.25, 0.3) is 0 Å². The molecule has 1 aliphatic rings. The lowest BCUT2D eigenvalue weighted by Crippen LogP contribution is -2.56. The minimum absolute atomic E-state index is 0.0861. The summed E-state index contributed by atoms with van der Waals surface area (Å²) in [6.45, 7) is 6.41. The lowest BCUT2D eigenvalue weighted by atomic mass is 9.86. The second kappa shape index (κ2) is 5.94. The van der Waals surface area contributed by atoms with Crippen molar-refractivity contribution in [1.29, 1.82) is 0 Å². The van der Waals surface area contributed by atoms with Crippen LogP contribution in [0.25, 0.3) is 22.0 Å². The van der Waals surface area contributed by atoms with Gasteiger partial charge in [0.05, 0.1) is 10.9 Å². The van der Waals surface area contributed by atoms with E-state index in [1.54, 1.807) is 6.07 Å². The van der Waals surface area contributed by atoms with E-state index in [0.717, 1.165) is 36.8 Å². The van der Waals surface area contributed by atoms with Crippen LogP contribution in [0.3, 0.4) is 0 Å². The quantitative estimate of drug-likeness (QED) is 0.529. The summed E-state index contributed by atoms with van der Waals surface area (Å²) in [5.41, 5.74) is 4.38. The van der Waals surface area contributed by atoms with Crippen LogP contribution in [0.5, 0.6) is 0 Å². The van der Waals surface area contributed by atoms with E-state index in [1.807, 2.05) is 13.0 Å². The molecule has 0 amide bonds. The lowest BCUT2D eigenvalue weighted by Gasteiger charge is -2.26. The zero-order valence-corrected chi connectivity index (χ0v) is 15.3.